The molecule has 0 aliphatic carbocycles. The van der Waals surface area contributed by atoms with E-state index in [2.05, 4.69) is 39.5 Å². The quantitative estimate of drug-likeness (QED) is 0.737. The van der Waals surface area contributed by atoms with Crippen LogP contribution < -0.4 is 5.73 Å². The van der Waals surface area contributed by atoms with Gasteiger partial charge < -0.3 is 5.73 Å². The molecule has 0 spiro atoms. The van der Waals surface area contributed by atoms with E-state index in [0.29, 0.717) is 17.9 Å². The van der Waals surface area contributed by atoms with Gasteiger partial charge in [-0.2, -0.15) is 0 Å². The highest BCUT2D eigenvalue weighted by molar-refractivity contribution is 5.89. The van der Waals surface area contributed by atoms with Crippen LogP contribution in [-0.4, -0.2) is 35.9 Å². The molecule has 0 saturated carbocycles. The molecule has 0 fully saturated rings. The molecule has 0 radical (unpaired) electrons. The average Bonchev–Trinajstić information content (AvgIpc) is 2.18. The zero-order chi connectivity index (χ0) is 15.3. The first-order valence-corrected chi connectivity index (χ1v) is 7.46. The van der Waals surface area contributed by atoms with E-state index >= 15 is 0 Å². The normalized spacial score (nSPS) is 13.4. The molecular weight excluding hydrogens is 236 g/mol. The Kier molecular flexibility index (Phi) is 7.23. The van der Waals surface area contributed by atoms with Crippen molar-refractivity contribution in [3.63, 3.8) is 0 Å². The van der Waals surface area contributed by atoms with Gasteiger partial charge in [0.2, 0.25) is 0 Å². The zero-order valence-electron chi connectivity index (χ0n) is 14.0. The molecule has 0 bridgehead atoms. The Balaban J connectivity index is 4.45. The van der Waals surface area contributed by atoms with Crippen LogP contribution in [0.25, 0.3) is 0 Å². The number of nitrogens with two attached hydrogens (primary N) is 1. The van der Waals surface area contributed by atoms with Gasteiger partial charge in [-0.3, -0.25) is 9.69 Å². The highest BCUT2D eigenvalue weighted by atomic mass is 16.1. The van der Waals surface area contributed by atoms with Crippen LogP contribution in [0, 0.1) is 11.3 Å². The highest BCUT2D eigenvalue weighted by Crippen LogP contribution is 2.19. The Hall–Kier alpha value is -0.410. The molecule has 0 heterocycles. The zero-order valence-corrected chi connectivity index (χ0v) is 14.0. The van der Waals surface area contributed by atoms with Crippen molar-refractivity contribution in [1.29, 1.82) is 0 Å². The summed E-state index contributed by atoms with van der Waals surface area (Å²) in [4.78, 5) is 14.3. The fourth-order valence-corrected chi connectivity index (χ4v) is 1.61. The molecule has 0 aliphatic rings. The van der Waals surface area contributed by atoms with Gasteiger partial charge in [0.15, 0.2) is 5.78 Å². The second-order valence-corrected chi connectivity index (χ2v) is 7.91. The predicted molar refractivity (Wildman–Crippen MR) is 83.2 cm³/mol. The van der Waals surface area contributed by atoms with E-state index in [0.717, 1.165) is 25.9 Å². The molecule has 0 amide bonds. The van der Waals surface area contributed by atoms with Crippen LogP contribution in [0.2, 0.25) is 0 Å². The van der Waals surface area contributed by atoms with Crippen molar-refractivity contribution in [2.75, 3.05) is 19.6 Å². The first kappa shape index (κ1) is 18.6. The Morgan fingerprint density at radius 1 is 1.11 bits per heavy atom. The molecule has 19 heavy (non-hydrogen) atoms. The molecule has 0 atom stereocenters. The average molecular weight is 270 g/mol. The first-order valence-electron chi connectivity index (χ1n) is 7.46. The molecule has 0 unspecified atom stereocenters. The Morgan fingerprint density at radius 3 is 2.00 bits per heavy atom. The maximum Gasteiger partial charge on any atom is 0.165 e. The summed E-state index contributed by atoms with van der Waals surface area (Å²) < 4.78 is 0. The van der Waals surface area contributed by atoms with Gasteiger partial charge in [0.25, 0.3) is 0 Å². The fourth-order valence-electron chi connectivity index (χ4n) is 1.61. The summed E-state index contributed by atoms with van der Waals surface area (Å²) in [6, 6.07) is 0. The standard InChI is InChI=1S/C16H34N2O/c1-13(2)8-10-18(11-9-15(3,4)5)12-14(19)16(6,7)17/h13H,8-12,17H2,1-7H3. The Morgan fingerprint density at radius 2 is 1.63 bits per heavy atom. The second kappa shape index (κ2) is 7.39. The van der Waals surface area contributed by atoms with Crippen LogP contribution in [0.4, 0.5) is 0 Å². The lowest BCUT2D eigenvalue weighted by Crippen LogP contribution is -2.48. The van der Waals surface area contributed by atoms with Gasteiger partial charge in [-0.15, -0.1) is 0 Å². The van der Waals surface area contributed by atoms with Crippen LogP contribution >= 0.6 is 0 Å². The number of nitrogens with zero attached hydrogens (tertiary/aromatic N) is 1. The van der Waals surface area contributed by atoms with Gasteiger partial charge in [-0.25, -0.2) is 0 Å². The van der Waals surface area contributed by atoms with Crippen molar-refractivity contribution in [3.05, 3.63) is 0 Å². The summed E-state index contributed by atoms with van der Waals surface area (Å²) in [5.41, 5.74) is 5.47. The number of Topliss-reactive ketones (excluding diaryl/α,β-unsaturated/α-hetero) is 1. The third-order valence-electron chi connectivity index (χ3n) is 3.29. The van der Waals surface area contributed by atoms with Gasteiger partial charge in [-0.1, -0.05) is 34.6 Å². The van der Waals surface area contributed by atoms with Gasteiger partial charge in [0.05, 0.1) is 12.1 Å². The van der Waals surface area contributed by atoms with E-state index in [1.54, 1.807) is 13.8 Å². The molecule has 0 aromatic rings. The molecule has 0 aromatic carbocycles. The highest BCUT2D eigenvalue weighted by Gasteiger charge is 2.24. The third-order valence-corrected chi connectivity index (χ3v) is 3.29. The Bertz CT molecular complexity index is 271. The number of hydrogen-bond donors (Lipinski definition) is 1. The minimum Gasteiger partial charge on any atom is -0.319 e. The SMILES string of the molecule is CC(C)CCN(CCC(C)(C)C)CC(=O)C(C)(C)N. The van der Waals surface area contributed by atoms with E-state index in [-0.39, 0.29) is 5.78 Å². The maximum atomic E-state index is 12.1. The van der Waals surface area contributed by atoms with Crippen LogP contribution in [-0.2, 0) is 4.79 Å². The van der Waals surface area contributed by atoms with Gasteiger partial charge >= 0.3 is 0 Å². The van der Waals surface area contributed by atoms with Crippen molar-refractivity contribution in [2.24, 2.45) is 17.1 Å². The molecule has 3 nitrogen and oxygen atoms in total. The van der Waals surface area contributed by atoms with Gasteiger partial charge in [0, 0.05) is 0 Å². The van der Waals surface area contributed by atoms with Crippen molar-refractivity contribution in [3.8, 4) is 0 Å². The van der Waals surface area contributed by atoms with Crippen molar-refractivity contribution in [2.45, 2.75) is 66.8 Å². The summed E-state index contributed by atoms with van der Waals surface area (Å²) in [6.45, 7) is 17.2. The number of carbonyl (C=O) groups is 1. The van der Waals surface area contributed by atoms with Gasteiger partial charge in [-0.05, 0) is 51.1 Å². The minimum atomic E-state index is -0.724. The second-order valence-electron chi connectivity index (χ2n) is 7.91. The van der Waals surface area contributed by atoms with E-state index in [9.17, 15) is 4.79 Å². The lowest BCUT2D eigenvalue weighted by molar-refractivity contribution is -0.124. The summed E-state index contributed by atoms with van der Waals surface area (Å²) in [6.07, 6.45) is 2.23. The van der Waals surface area contributed by atoms with Crippen LogP contribution in [0.5, 0.6) is 0 Å². The maximum absolute atomic E-state index is 12.1. The predicted octanol–water partition coefficient (Wildman–Crippen LogP) is 3.08. The van der Waals surface area contributed by atoms with Crippen molar-refractivity contribution < 1.29 is 4.79 Å². The third kappa shape index (κ3) is 10.1. The first-order chi connectivity index (χ1) is 8.42. The molecule has 0 saturated heterocycles. The van der Waals surface area contributed by atoms with Crippen molar-refractivity contribution >= 4 is 5.78 Å². The minimum absolute atomic E-state index is 0.130. The van der Waals surface area contributed by atoms with Crippen LogP contribution in [0.15, 0.2) is 0 Å². The molecule has 2 N–H and O–H groups in total. The van der Waals surface area contributed by atoms with Crippen molar-refractivity contribution in [1.82, 2.24) is 4.90 Å². The molecule has 0 aromatic heterocycles. The van der Waals surface area contributed by atoms with E-state index in [1.807, 2.05) is 0 Å². The fraction of sp³-hybridized carbons (Fsp3) is 0.938. The smallest absolute Gasteiger partial charge is 0.165 e. The number of rotatable bonds is 8. The number of ketones is 1. The van der Waals surface area contributed by atoms with Gasteiger partial charge in [0.1, 0.15) is 0 Å². The number of hydrogen-bond acceptors (Lipinski definition) is 3. The summed E-state index contributed by atoms with van der Waals surface area (Å²) in [5, 5.41) is 0. The van der Waals surface area contributed by atoms with Crippen LogP contribution in [0.3, 0.4) is 0 Å². The molecular formula is C16H34N2O. The molecule has 0 aliphatic heterocycles. The lowest BCUT2D eigenvalue weighted by Gasteiger charge is -2.29. The monoisotopic (exact) mass is 270 g/mol. The summed E-state index contributed by atoms with van der Waals surface area (Å²) >= 11 is 0. The Labute approximate surface area is 119 Å². The van der Waals surface area contributed by atoms with E-state index in [4.69, 9.17) is 5.73 Å². The van der Waals surface area contributed by atoms with E-state index in [1.165, 1.54) is 0 Å². The molecule has 0 rings (SSSR count). The number of carbonyl (C=O) groups excluding carboxylic acids is 1. The topological polar surface area (TPSA) is 46.3 Å². The molecule has 114 valence electrons. The summed E-state index contributed by atoms with van der Waals surface area (Å²) in [5.74, 6) is 0.795. The lowest BCUT2D eigenvalue weighted by atomic mass is 9.91. The van der Waals surface area contributed by atoms with E-state index < -0.39 is 5.54 Å². The van der Waals surface area contributed by atoms with Crippen LogP contribution in [0.1, 0.15) is 61.3 Å². The summed E-state index contributed by atoms with van der Waals surface area (Å²) in [7, 11) is 0. The largest absolute Gasteiger partial charge is 0.319 e. The molecule has 3 heteroatoms.